The van der Waals surface area contributed by atoms with E-state index in [-0.39, 0.29) is 12.1 Å². The van der Waals surface area contributed by atoms with Gasteiger partial charge in [-0.15, -0.1) is 0 Å². The Morgan fingerprint density at radius 1 is 1.22 bits per heavy atom. The van der Waals surface area contributed by atoms with Gasteiger partial charge in [-0.3, -0.25) is 0 Å². The molecule has 2 amide bonds. The second kappa shape index (κ2) is 6.33. The summed E-state index contributed by atoms with van der Waals surface area (Å²) in [4.78, 5) is 11.5. The number of hydrogen-bond donors (Lipinski definition) is 2. The predicted molar refractivity (Wildman–Crippen MR) is 66.1 cm³/mol. The van der Waals surface area contributed by atoms with Crippen LogP contribution >= 0.6 is 0 Å². The molecule has 100 valence electrons. The van der Waals surface area contributed by atoms with Crippen molar-refractivity contribution >= 4 is 6.03 Å². The molecule has 0 aliphatic carbocycles. The Bertz CT molecular complexity index is 421. The Morgan fingerprint density at radius 3 is 2.44 bits per heavy atom. The average molecular weight is 256 g/mol. The quantitative estimate of drug-likeness (QED) is 0.854. The zero-order valence-corrected chi connectivity index (χ0v) is 10.8. The van der Waals surface area contributed by atoms with Crippen LogP contribution < -0.4 is 10.6 Å². The van der Waals surface area contributed by atoms with Crippen molar-refractivity contribution in [1.29, 1.82) is 0 Å². The van der Waals surface area contributed by atoms with Gasteiger partial charge in [0.05, 0.1) is 6.04 Å². The molecule has 0 saturated carbocycles. The Labute approximate surface area is 106 Å². The SMILES string of the molecule is CC(C)CNC(=O)NC(C)c1ccc(F)c(F)c1. The van der Waals surface area contributed by atoms with Gasteiger partial charge in [-0.1, -0.05) is 19.9 Å². The molecule has 0 radical (unpaired) electrons. The van der Waals surface area contributed by atoms with Crippen molar-refractivity contribution in [3.8, 4) is 0 Å². The summed E-state index contributed by atoms with van der Waals surface area (Å²) >= 11 is 0. The zero-order chi connectivity index (χ0) is 13.7. The van der Waals surface area contributed by atoms with Crippen LogP contribution in [0.3, 0.4) is 0 Å². The maximum atomic E-state index is 13.0. The van der Waals surface area contributed by atoms with Crippen molar-refractivity contribution in [1.82, 2.24) is 10.6 Å². The monoisotopic (exact) mass is 256 g/mol. The van der Waals surface area contributed by atoms with E-state index in [2.05, 4.69) is 10.6 Å². The lowest BCUT2D eigenvalue weighted by Gasteiger charge is -2.16. The minimum absolute atomic E-state index is 0.319. The third-order valence-corrected chi connectivity index (χ3v) is 2.46. The maximum Gasteiger partial charge on any atom is 0.315 e. The van der Waals surface area contributed by atoms with Crippen LogP contribution in [0.2, 0.25) is 0 Å². The van der Waals surface area contributed by atoms with Crippen LogP contribution in [0.4, 0.5) is 13.6 Å². The van der Waals surface area contributed by atoms with E-state index in [9.17, 15) is 13.6 Å². The number of hydrogen-bond acceptors (Lipinski definition) is 1. The van der Waals surface area contributed by atoms with Gasteiger partial charge in [0.25, 0.3) is 0 Å². The molecule has 0 saturated heterocycles. The second-order valence-corrected chi connectivity index (χ2v) is 4.64. The van der Waals surface area contributed by atoms with Gasteiger partial charge in [-0.05, 0) is 30.5 Å². The molecule has 18 heavy (non-hydrogen) atoms. The minimum Gasteiger partial charge on any atom is -0.338 e. The highest BCUT2D eigenvalue weighted by Crippen LogP contribution is 2.15. The Kier molecular flexibility index (Phi) is 5.07. The van der Waals surface area contributed by atoms with E-state index in [0.717, 1.165) is 12.1 Å². The van der Waals surface area contributed by atoms with Crippen molar-refractivity contribution in [2.24, 2.45) is 5.92 Å². The number of carbonyl (C=O) groups is 1. The van der Waals surface area contributed by atoms with Gasteiger partial charge < -0.3 is 10.6 Å². The van der Waals surface area contributed by atoms with Gasteiger partial charge in [0.1, 0.15) is 0 Å². The lowest BCUT2D eigenvalue weighted by Crippen LogP contribution is -2.38. The smallest absolute Gasteiger partial charge is 0.315 e. The van der Waals surface area contributed by atoms with Crippen molar-refractivity contribution in [2.45, 2.75) is 26.8 Å². The molecule has 5 heteroatoms. The zero-order valence-electron chi connectivity index (χ0n) is 10.8. The standard InChI is InChI=1S/C13H18F2N2O/c1-8(2)7-16-13(18)17-9(3)10-4-5-11(14)12(15)6-10/h4-6,8-9H,7H2,1-3H3,(H2,16,17,18). The first kappa shape index (κ1) is 14.4. The number of nitrogens with one attached hydrogen (secondary N) is 2. The van der Waals surface area contributed by atoms with Crippen LogP contribution in [0.15, 0.2) is 18.2 Å². The lowest BCUT2D eigenvalue weighted by atomic mass is 10.1. The fraction of sp³-hybridized carbons (Fsp3) is 0.462. The van der Waals surface area contributed by atoms with Gasteiger partial charge in [0.2, 0.25) is 0 Å². The topological polar surface area (TPSA) is 41.1 Å². The van der Waals surface area contributed by atoms with Crippen molar-refractivity contribution < 1.29 is 13.6 Å². The molecule has 1 atom stereocenters. The van der Waals surface area contributed by atoms with Crippen LogP contribution in [-0.2, 0) is 0 Å². The van der Waals surface area contributed by atoms with Crippen LogP contribution in [0, 0.1) is 17.6 Å². The number of halogens is 2. The molecule has 1 aromatic rings. The summed E-state index contributed by atoms with van der Waals surface area (Å²) in [5, 5.41) is 5.35. The van der Waals surface area contributed by atoms with E-state index in [1.165, 1.54) is 6.07 Å². The molecular weight excluding hydrogens is 238 g/mol. The molecule has 0 heterocycles. The van der Waals surface area contributed by atoms with Crippen LogP contribution in [0.1, 0.15) is 32.4 Å². The first-order chi connectivity index (χ1) is 8.40. The molecule has 3 nitrogen and oxygen atoms in total. The second-order valence-electron chi connectivity index (χ2n) is 4.64. The first-order valence-corrected chi connectivity index (χ1v) is 5.89. The fourth-order valence-electron chi connectivity index (χ4n) is 1.41. The molecular formula is C13H18F2N2O. The molecule has 1 aromatic carbocycles. The summed E-state index contributed by atoms with van der Waals surface area (Å²) < 4.78 is 25.8. The van der Waals surface area contributed by atoms with E-state index in [1.54, 1.807) is 6.92 Å². The Hall–Kier alpha value is -1.65. The molecule has 0 bridgehead atoms. The molecule has 0 fully saturated rings. The maximum absolute atomic E-state index is 13.0. The normalized spacial score (nSPS) is 12.3. The number of benzene rings is 1. The highest BCUT2D eigenvalue weighted by atomic mass is 19.2. The molecule has 0 aliphatic heterocycles. The van der Waals surface area contributed by atoms with Gasteiger partial charge in [-0.25, -0.2) is 13.6 Å². The molecule has 2 N–H and O–H groups in total. The summed E-state index contributed by atoms with van der Waals surface area (Å²) in [7, 11) is 0. The highest BCUT2D eigenvalue weighted by molar-refractivity contribution is 5.74. The Morgan fingerprint density at radius 2 is 1.89 bits per heavy atom. The van der Waals surface area contributed by atoms with Crippen LogP contribution in [0.25, 0.3) is 0 Å². The van der Waals surface area contributed by atoms with E-state index in [0.29, 0.717) is 18.0 Å². The molecule has 1 unspecified atom stereocenters. The summed E-state index contributed by atoms with van der Waals surface area (Å²) in [6, 6.07) is 2.89. The number of rotatable bonds is 4. The van der Waals surface area contributed by atoms with Crippen molar-refractivity contribution in [3.63, 3.8) is 0 Å². The van der Waals surface area contributed by atoms with Gasteiger partial charge >= 0.3 is 6.03 Å². The number of amides is 2. The van der Waals surface area contributed by atoms with E-state index >= 15 is 0 Å². The Balaban J connectivity index is 2.56. The molecule has 1 rings (SSSR count). The third-order valence-electron chi connectivity index (χ3n) is 2.46. The third kappa shape index (κ3) is 4.31. The van der Waals surface area contributed by atoms with Gasteiger partial charge in [0.15, 0.2) is 11.6 Å². The predicted octanol–water partition coefficient (Wildman–Crippen LogP) is 2.98. The van der Waals surface area contributed by atoms with Crippen molar-refractivity contribution in [3.05, 3.63) is 35.4 Å². The average Bonchev–Trinajstić information content (AvgIpc) is 2.30. The van der Waals surface area contributed by atoms with Gasteiger partial charge in [-0.2, -0.15) is 0 Å². The van der Waals surface area contributed by atoms with Crippen LogP contribution in [-0.4, -0.2) is 12.6 Å². The van der Waals surface area contributed by atoms with Crippen molar-refractivity contribution in [2.75, 3.05) is 6.54 Å². The van der Waals surface area contributed by atoms with Crippen LogP contribution in [0.5, 0.6) is 0 Å². The van der Waals surface area contributed by atoms with E-state index in [1.807, 2.05) is 13.8 Å². The number of urea groups is 1. The minimum atomic E-state index is -0.913. The largest absolute Gasteiger partial charge is 0.338 e. The van der Waals surface area contributed by atoms with E-state index in [4.69, 9.17) is 0 Å². The summed E-state index contributed by atoms with van der Waals surface area (Å²) in [5.41, 5.74) is 0.522. The summed E-state index contributed by atoms with van der Waals surface area (Å²) in [6.45, 7) is 6.25. The lowest BCUT2D eigenvalue weighted by molar-refractivity contribution is 0.236. The molecule has 0 spiro atoms. The fourth-order valence-corrected chi connectivity index (χ4v) is 1.41. The summed E-state index contributed by atoms with van der Waals surface area (Å²) in [5.74, 6) is -1.45. The molecule has 0 aliphatic rings. The van der Waals surface area contributed by atoms with Gasteiger partial charge in [0, 0.05) is 6.54 Å². The number of carbonyl (C=O) groups excluding carboxylic acids is 1. The molecule has 0 aromatic heterocycles. The first-order valence-electron chi connectivity index (χ1n) is 5.89. The highest BCUT2D eigenvalue weighted by Gasteiger charge is 2.11. The summed E-state index contributed by atoms with van der Waals surface area (Å²) in [6.07, 6.45) is 0. The van der Waals surface area contributed by atoms with E-state index < -0.39 is 11.6 Å².